The molecule has 8 heteroatoms. The molecule has 3 rings (SSSR count). The number of nitrogens with zero attached hydrogens (tertiary/aromatic N) is 2. The van der Waals surface area contributed by atoms with E-state index in [1.807, 2.05) is 24.0 Å². The Morgan fingerprint density at radius 3 is 2.48 bits per heavy atom. The first-order chi connectivity index (χ1) is 15.1. The number of guanidine groups is 1. The standard InChI is InChI=1S/C23H36N4O4/c1-5-24-23(25-14-17-10-11-19(29-2)21(31-4)20(17)30-3)26-18-12-13-27(15-18)22(28)16-8-6-7-9-16/h10-11,16,18H,5-9,12-15H2,1-4H3,(H2,24,25,26). The van der Waals surface area contributed by atoms with Gasteiger partial charge in [0.25, 0.3) is 0 Å². The van der Waals surface area contributed by atoms with E-state index in [4.69, 9.17) is 19.2 Å². The fraction of sp³-hybridized carbons (Fsp3) is 0.652. The van der Waals surface area contributed by atoms with Gasteiger partial charge in [-0.3, -0.25) is 4.79 Å². The Labute approximate surface area is 185 Å². The number of hydrogen-bond donors (Lipinski definition) is 2. The monoisotopic (exact) mass is 432 g/mol. The van der Waals surface area contributed by atoms with Crippen molar-refractivity contribution < 1.29 is 19.0 Å². The van der Waals surface area contributed by atoms with Crippen LogP contribution in [-0.4, -0.2) is 63.8 Å². The van der Waals surface area contributed by atoms with Crippen LogP contribution in [0, 0.1) is 5.92 Å². The third kappa shape index (κ3) is 5.54. The second-order valence-electron chi connectivity index (χ2n) is 8.08. The van der Waals surface area contributed by atoms with Gasteiger partial charge in [0.1, 0.15) is 0 Å². The number of carbonyl (C=O) groups is 1. The molecule has 0 bridgehead atoms. The van der Waals surface area contributed by atoms with Gasteiger partial charge in [-0.15, -0.1) is 0 Å². The highest BCUT2D eigenvalue weighted by molar-refractivity contribution is 5.81. The zero-order valence-corrected chi connectivity index (χ0v) is 19.2. The van der Waals surface area contributed by atoms with Crippen LogP contribution < -0.4 is 24.8 Å². The van der Waals surface area contributed by atoms with E-state index in [2.05, 4.69) is 10.6 Å². The van der Waals surface area contributed by atoms with Crippen LogP contribution in [0.1, 0.15) is 44.6 Å². The molecule has 2 N–H and O–H groups in total. The van der Waals surface area contributed by atoms with Crippen molar-refractivity contribution in [2.24, 2.45) is 10.9 Å². The van der Waals surface area contributed by atoms with Gasteiger partial charge in [0, 0.05) is 37.2 Å². The highest BCUT2D eigenvalue weighted by Gasteiger charge is 2.32. The van der Waals surface area contributed by atoms with Gasteiger partial charge in [-0.25, -0.2) is 4.99 Å². The first-order valence-corrected chi connectivity index (χ1v) is 11.2. The van der Waals surface area contributed by atoms with Crippen molar-refractivity contribution >= 4 is 11.9 Å². The summed E-state index contributed by atoms with van der Waals surface area (Å²) in [5.41, 5.74) is 0.904. The van der Waals surface area contributed by atoms with Crippen molar-refractivity contribution in [3.8, 4) is 17.2 Å². The van der Waals surface area contributed by atoms with Crippen molar-refractivity contribution in [2.45, 2.75) is 51.6 Å². The fourth-order valence-electron chi connectivity index (χ4n) is 4.47. The van der Waals surface area contributed by atoms with Gasteiger partial charge in [-0.05, 0) is 38.3 Å². The minimum atomic E-state index is 0.204. The molecule has 1 aliphatic carbocycles. The predicted molar refractivity (Wildman–Crippen MR) is 121 cm³/mol. The Morgan fingerprint density at radius 2 is 1.84 bits per heavy atom. The van der Waals surface area contributed by atoms with Gasteiger partial charge >= 0.3 is 0 Å². The van der Waals surface area contributed by atoms with Crippen molar-refractivity contribution in [3.63, 3.8) is 0 Å². The number of ether oxygens (including phenoxy) is 3. The highest BCUT2D eigenvalue weighted by Crippen LogP contribution is 2.40. The van der Waals surface area contributed by atoms with Gasteiger partial charge < -0.3 is 29.7 Å². The number of methoxy groups -OCH3 is 3. The number of likely N-dealkylation sites (tertiary alicyclic amines) is 1. The molecule has 1 unspecified atom stereocenters. The number of nitrogens with one attached hydrogen (secondary N) is 2. The smallest absolute Gasteiger partial charge is 0.225 e. The second kappa shape index (κ2) is 11.1. The quantitative estimate of drug-likeness (QED) is 0.485. The van der Waals surface area contributed by atoms with Crippen molar-refractivity contribution in [3.05, 3.63) is 17.7 Å². The molecule has 1 aliphatic heterocycles. The fourth-order valence-corrected chi connectivity index (χ4v) is 4.47. The Morgan fingerprint density at radius 1 is 1.10 bits per heavy atom. The summed E-state index contributed by atoms with van der Waals surface area (Å²) in [5.74, 6) is 3.11. The van der Waals surface area contributed by atoms with E-state index in [0.29, 0.717) is 29.7 Å². The van der Waals surface area contributed by atoms with Crippen LogP contribution in [0.2, 0.25) is 0 Å². The lowest BCUT2D eigenvalue weighted by molar-refractivity contribution is -0.134. The summed E-state index contributed by atoms with van der Waals surface area (Å²) < 4.78 is 16.4. The number of rotatable bonds is 8. The summed E-state index contributed by atoms with van der Waals surface area (Å²) in [4.78, 5) is 19.5. The number of hydrogen-bond acceptors (Lipinski definition) is 5. The number of benzene rings is 1. The predicted octanol–water partition coefficient (Wildman–Crippen LogP) is 2.56. The van der Waals surface area contributed by atoms with Crippen LogP contribution in [0.5, 0.6) is 17.2 Å². The number of carbonyl (C=O) groups excluding carboxylic acids is 1. The maximum absolute atomic E-state index is 12.7. The van der Waals surface area contributed by atoms with Crippen LogP contribution in [0.15, 0.2) is 17.1 Å². The molecule has 0 radical (unpaired) electrons. The molecule has 1 aromatic rings. The molecular formula is C23H36N4O4. The topological polar surface area (TPSA) is 84.4 Å². The summed E-state index contributed by atoms with van der Waals surface area (Å²) in [6.07, 6.45) is 5.39. The lowest BCUT2D eigenvalue weighted by Gasteiger charge is -2.21. The lowest BCUT2D eigenvalue weighted by atomic mass is 10.1. The summed E-state index contributed by atoms with van der Waals surface area (Å²) in [7, 11) is 4.81. The van der Waals surface area contributed by atoms with E-state index in [1.54, 1.807) is 21.3 Å². The molecule has 31 heavy (non-hydrogen) atoms. The summed E-state index contributed by atoms with van der Waals surface area (Å²) in [5, 5.41) is 6.81. The van der Waals surface area contributed by atoms with Crippen LogP contribution in [0.4, 0.5) is 0 Å². The molecule has 0 spiro atoms. The first kappa shape index (κ1) is 23.0. The van der Waals surface area contributed by atoms with E-state index < -0.39 is 0 Å². The van der Waals surface area contributed by atoms with E-state index in [0.717, 1.165) is 50.4 Å². The van der Waals surface area contributed by atoms with E-state index >= 15 is 0 Å². The zero-order valence-electron chi connectivity index (χ0n) is 19.2. The third-order valence-corrected chi connectivity index (χ3v) is 6.08. The zero-order chi connectivity index (χ0) is 22.2. The SMILES string of the molecule is CCNC(=NCc1ccc(OC)c(OC)c1OC)NC1CCN(C(=O)C2CCCC2)C1. The van der Waals surface area contributed by atoms with Gasteiger partial charge in [0.05, 0.1) is 27.9 Å². The van der Waals surface area contributed by atoms with Crippen molar-refractivity contribution in [1.82, 2.24) is 15.5 Å². The normalized spacial score (nSPS) is 19.4. The molecule has 0 aromatic heterocycles. The van der Waals surface area contributed by atoms with Gasteiger partial charge in [0.15, 0.2) is 17.5 Å². The van der Waals surface area contributed by atoms with Crippen LogP contribution in [0.3, 0.4) is 0 Å². The number of aliphatic imine (C=N–C) groups is 1. The summed E-state index contributed by atoms with van der Waals surface area (Å²) >= 11 is 0. The summed E-state index contributed by atoms with van der Waals surface area (Å²) in [6.45, 7) is 4.77. The molecule has 1 amide bonds. The number of amides is 1. The first-order valence-electron chi connectivity index (χ1n) is 11.2. The highest BCUT2D eigenvalue weighted by atomic mass is 16.5. The molecule has 1 atom stereocenters. The maximum Gasteiger partial charge on any atom is 0.225 e. The second-order valence-corrected chi connectivity index (χ2v) is 8.08. The largest absolute Gasteiger partial charge is 0.493 e. The molecule has 1 saturated carbocycles. The van der Waals surface area contributed by atoms with E-state index in [-0.39, 0.29) is 12.0 Å². The third-order valence-electron chi connectivity index (χ3n) is 6.08. The summed E-state index contributed by atoms with van der Waals surface area (Å²) in [6, 6.07) is 4.00. The molecule has 1 heterocycles. The Hall–Kier alpha value is -2.64. The Balaban J connectivity index is 1.65. The van der Waals surface area contributed by atoms with Crippen LogP contribution >= 0.6 is 0 Å². The molecule has 2 aliphatic rings. The van der Waals surface area contributed by atoms with Gasteiger partial charge in [-0.2, -0.15) is 0 Å². The Kier molecular flexibility index (Phi) is 8.26. The molecule has 1 aromatic carbocycles. The van der Waals surface area contributed by atoms with E-state index in [1.165, 1.54) is 12.8 Å². The van der Waals surface area contributed by atoms with Crippen LogP contribution in [0.25, 0.3) is 0 Å². The average Bonchev–Trinajstić information content (AvgIpc) is 3.48. The van der Waals surface area contributed by atoms with Crippen molar-refractivity contribution in [1.29, 1.82) is 0 Å². The van der Waals surface area contributed by atoms with Gasteiger partial charge in [0.2, 0.25) is 11.7 Å². The Bertz CT molecular complexity index is 777. The molecular weight excluding hydrogens is 396 g/mol. The maximum atomic E-state index is 12.7. The molecule has 172 valence electrons. The molecule has 1 saturated heterocycles. The lowest BCUT2D eigenvalue weighted by Crippen LogP contribution is -2.45. The molecule has 8 nitrogen and oxygen atoms in total. The van der Waals surface area contributed by atoms with Crippen LogP contribution in [-0.2, 0) is 11.3 Å². The molecule has 2 fully saturated rings. The minimum absolute atomic E-state index is 0.204. The van der Waals surface area contributed by atoms with E-state index in [9.17, 15) is 4.79 Å². The van der Waals surface area contributed by atoms with Gasteiger partial charge in [-0.1, -0.05) is 12.8 Å². The van der Waals surface area contributed by atoms with Crippen molar-refractivity contribution in [2.75, 3.05) is 41.0 Å². The minimum Gasteiger partial charge on any atom is -0.493 e. The average molecular weight is 433 g/mol.